The first-order chi connectivity index (χ1) is 16.2. The zero-order valence-electron chi connectivity index (χ0n) is 22.7. The van der Waals surface area contributed by atoms with Gasteiger partial charge in [-0.25, -0.2) is 4.98 Å². The molecule has 35 heavy (non-hydrogen) atoms. The minimum absolute atomic E-state index is 0.0325. The van der Waals surface area contributed by atoms with E-state index in [1.165, 1.54) is 5.57 Å². The van der Waals surface area contributed by atoms with Gasteiger partial charge >= 0.3 is 0 Å². The monoisotopic (exact) mass is 504 g/mol. The number of aromatic nitrogens is 1. The molecule has 1 amide bonds. The minimum Gasteiger partial charge on any atom is -0.392 e. The predicted molar refractivity (Wildman–Crippen MR) is 143 cm³/mol. The van der Waals surface area contributed by atoms with Gasteiger partial charge in [-0.15, -0.1) is 11.3 Å². The van der Waals surface area contributed by atoms with E-state index in [0.29, 0.717) is 6.42 Å². The Morgan fingerprint density at radius 3 is 2.49 bits per heavy atom. The van der Waals surface area contributed by atoms with E-state index in [4.69, 9.17) is 0 Å². The Balaban J connectivity index is 2.41. The molecule has 1 aromatic heterocycles. The maximum absolute atomic E-state index is 13.3. The van der Waals surface area contributed by atoms with E-state index in [-0.39, 0.29) is 30.1 Å². The number of aryl methyl sites for hydroxylation is 1. The summed E-state index contributed by atoms with van der Waals surface area (Å²) in [6.45, 7) is 13.1. The van der Waals surface area contributed by atoms with Crippen LogP contribution in [0.4, 0.5) is 0 Å². The maximum Gasteiger partial charge on any atom is 0.225 e. The van der Waals surface area contributed by atoms with E-state index in [0.717, 1.165) is 35.5 Å². The molecule has 6 nitrogen and oxygen atoms in total. The fourth-order valence-electron chi connectivity index (χ4n) is 4.85. The van der Waals surface area contributed by atoms with Crippen LogP contribution >= 0.6 is 11.3 Å². The first-order valence-electron chi connectivity index (χ1n) is 12.7. The van der Waals surface area contributed by atoms with Crippen LogP contribution in [0.25, 0.3) is 6.08 Å². The van der Waals surface area contributed by atoms with Gasteiger partial charge in [-0.05, 0) is 64.0 Å². The summed E-state index contributed by atoms with van der Waals surface area (Å²) < 4.78 is 0. The van der Waals surface area contributed by atoms with Crippen LogP contribution in [0.5, 0.6) is 0 Å². The molecule has 1 aliphatic rings. The molecule has 2 N–H and O–H groups in total. The Hall–Kier alpha value is -1.83. The van der Waals surface area contributed by atoms with Gasteiger partial charge in [0.05, 0.1) is 40.8 Å². The average molecular weight is 505 g/mol. The van der Waals surface area contributed by atoms with Crippen LogP contribution in [0.2, 0.25) is 0 Å². The fourth-order valence-corrected chi connectivity index (χ4v) is 5.42. The molecule has 0 spiro atoms. The standard InChI is InChI=1S/C28H44N2O4S/c1-17-10-9-11-18(2)26(33)20(4)27(34)28(6,7)24(31)15-25(32)30(8)23(13-12-17)19(3)14-22-16-35-21(5)29-22/h12,14,16,18,20,23-24,26,31,33H,9-11,13,15H2,1-8H3/b17-12-,19-14+/t18-,20+,23?,24+,26-/m1/s1. The van der Waals surface area contributed by atoms with E-state index in [1.807, 2.05) is 32.2 Å². The maximum atomic E-state index is 13.3. The van der Waals surface area contributed by atoms with Crippen molar-refractivity contribution in [2.45, 2.75) is 98.8 Å². The number of Topliss-reactive ketones (excluding diaryl/α,β-unsaturated/α-hetero) is 1. The minimum atomic E-state index is -1.15. The second-order valence-corrected chi connectivity index (χ2v) is 12.0. The Labute approximate surface area is 215 Å². The van der Waals surface area contributed by atoms with E-state index < -0.39 is 23.5 Å². The number of carbonyl (C=O) groups is 2. The van der Waals surface area contributed by atoms with Crippen molar-refractivity contribution in [2.24, 2.45) is 17.3 Å². The molecule has 0 bridgehead atoms. The van der Waals surface area contributed by atoms with Crippen LogP contribution in [0.15, 0.2) is 22.6 Å². The summed E-state index contributed by atoms with van der Waals surface area (Å²) in [5.41, 5.74) is 1.99. The van der Waals surface area contributed by atoms with Crippen molar-refractivity contribution in [3.63, 3.8) is 0 Å². The van der Waals surface area contributed by atoms with Crippen molar-refractivity contribution in [1.82, 2.24) is 9.88 Å². The molecule has 5 atom stereocenters. The zero-order chi connectivity index (χ0) is 26.5. The van der Waals surface area contributed by atoms with Crippen LogP contribution in [-0.2, 0) is 9.59 Å². The molecule has 7 heteroatoms. The third-order valence-corrected chi connectivity index (χ3v) is 8.46. The van der Waals surface area contributed by atoms with Crippen LogP contribution < -0.4 is 0 Å². The molecule has 0 saturated carbocycles. The molecule has 2 heterocycles. The lowest BCUT2D eigenvalue weighted by atomic mass is 9.73. The van der Waals surface area contributed by atoms with E-state index in [2.05, 4.69) is 18.0 Å². The molecule has 196 valence electrons. The number of aliphatic hydroxyl groups excluding tert-OH is 2. The van der Waals surface area contributed by atoms with E-state index in [1.54, 1.807) is 44.1 Å². The second kappa shape index (κ2) is 12.4. The van der Waals surface area contributed by atoms with Crippen LogP contribution in [-0.4, -0.2) is 57.1 Å². The molecule has 0 saturated heterocycles. The average Bonchev–Trinajstić information content (AvgIpc) is 3.20. The van der Waals surface area contributed by atoms with Gasteiger partial charge in [0, 0.05) is 18.3 Å². The summed E-state index contributed by atoms with van der Waals surface area (Å²) in [6.07, 6.45) is 5.43. The highest BCUT2D eigenvalue weighted by molar-refractivity contribution is 7.09. The molecule has 0 aromatic carbocycles. The molecule has 1 aliphatic heterocycles. The van der Waals surface area contributed by atoms with Gasteiger partial charge in [-0.1, -0.05) is 39.3 Å². The van der Waals surface area contributed by atoms with Gasteiger partial charge in [0.1, 0.15) is 5.78 Å². The van der Waals surface area contributed by atoms with Gasteiger partial charge in [-0.2, -0.15) is 0 Å². The number of allylic oxidation sites excluding steroid dienone is 1. The highest BCUT2D eigenvalue weighted by atomic mass is 32.1. The number of aliphatic hydroxyl groups is 2. The highest BCUT2D eigenvalue weighted by Crippen LogP contribution is 2.32. The quantitative estimate of drug-likeness (QED) is 0.542. The fraction of sp³-hybridized carbons (Fsp3) is 0.679. The van der Waals surface area contributed by atoms with Crippen LogP contribution in [0.3, 0.4) is 0 Å². The molecule has 1 unspecified atom stereocenters. The number of nitrogens with zero attached hydrogens (tertiary/aromatic N) is 2. The SMILES string of the molecule is C/C1=C/CC(/C(C)=C/c2csc(C)n2)N(C)C(=O)C[C@H](O)C(C)(C)C(=O)[C@@H](C)[C@H](O)[C@H](C)CCC1. The number of hydrogen-bond acceptors (Lipinski definition) is 6. The van der Waals surface area contributed by atoms with Gasteiger partial charge in [0.2, 0.25) is 5.91 Å². The Morgan fingerprint density at radius 1 is 1.23 bits per heavy atom. The number of thiazole rings is 1. The number of ketones is 1. The summed E-state index contributed by atoms with van der Waals surface area (Å²) in [5, 5.41) is 24.8. The van der Waals surface area contributed by atoms with Gasteiger partial charge in [0.25, 0.3) is 0 Å². The lowest BCUT2D eigenvalue weighted by Crippen LogP contribution is -2.47. The van der Waals surface area contributed by atoms with Crippen molar-refractivity contribution >= 4 is 29.1 Å². The zero-order valence-corrected chi connectivity index (χ0v) is 23.5. The second-order valence-electron chi connectivity index (χ2n) is 10.9. The number of amides is 1. The summed E-state index contributed by atoms with van der Waals surface area (Å²) in [7, 11) is 1.76. The van der Waals surface area contributed by atoms with Crippen molar-refractivity contribution < 1.29 is 19.8 Å². The topological polar surface area (TPSA) is 90.7 Å². The molecular weight excluding hydrogens is 460 g/mol. The largest absolute Gasteiger partial charge is 0.392 e. The number of rotatable bonds is 2. The van der Waals surface area contributed by atoms with Crippen molar-refractivity contribution in [3.8, 4) is 0 Å². The molecule has 1 aromatic rings. The highest BCUT2D eigenvalue weighted by Gasteiger charge is 2.42. The summed E-state index contributed by atoms with van der Waals surface area (Å²) in [4.78, 5) is 32.8. The van der Waals surface area contributed by atoms with Crippen molar-refractivity contribution in [3.05, 3.63) is 33.3 Å². The first-order valence-corrected chi connectivity index (χ1v) is 13.6. The van der Waals surface area contributed by atoms with Crippen molar-refractivity contribution in [2.75, 3.05) is 7.05 Å². The first kappa shape index (κ1) is 29.4. The van der Waals surface area contributed by atoms with Crippen LogP contribution in [0, 0.1) is 24.2 Å². The molecule has 0 radical (unpaired) electrons. The summed E-state index contributed by atoms with van der Waals surface area (Å²) in [5.74, 6) is -1.08. The van der Waals surface area contributed by atoms with Gasteiger partial charge in [-0.3, -0.25) is 9.59 Å². The number of likely N-dealkylation sites (N-methyl/N-ethyl adjacent to an activating group) is 1. The smallest absolute Gasteiger partial charge is 0.225 e. The Kier molecular flexibility index (Phi) is 10.4. The van der Waals surface area contributed by atoms with Crippen molar-refractivity contribution in [1.29, 1.82) is 0 Å². The Morgan fingerprint density at radius 2 is 1.89 bits per heavy atom. The molecule has 0 aliphatic carbocycles. The number of hydrogen-bond donors (Lipinski definition) is 2. The Bertz CT molecular complexity index is 949. The van der Waals surface area contributed by atoms with E-state index in [9.17, 15) is 19.8 Å². The lowest BCUT2D eigenvalue weighted by Gasteiger charge is -2.36. The lowest BCUT2D eigenvalue weighted by molar-refractivity contribution is -0.145. The van der Waals surface area contributed by atoms with Gasteiger partial charge < -0.3 is 15.1 Å². The van der Waals surface area contributed by atoms with Gasteiger partial charge in [0.15, 0.2) is 0 Å². The third kappa shape index (κ3) is 7.58. The molecular formula is C28H44N2O4S. The summed E-state index contributed by atoms with van der Waals surface area (Å²) in [6, 6.07) is -0.182. The molecule has 0 fully saturated rings. The third-order valence-electron chi connectivity index (χ3n) is 7.66. The molecule has 2 rings (SSSR count). The van der Waals surface area contributed by atoms with Crippen LogP contribution in [0.1, 0.15) is 84.3 Å². The normalized spacial score (nSPS) is 31.8. The van der Waals surface area contributed by atoms with E-state index >= 15 is 0 Å². The number of carbonyl (C=O) groups excluding carboxylic acids is 2. The summed E-state index contributed by atoms with van der Waals surface area (Å²) >= 11 is 1.59. The predicted octanol–water partition coefficient (Wildman–Crippen LogP) is 5.18.